The Morgan fingerprint density at radius 3 is 2.43 bits per heavy atom. The highest BCUT2D eigenvalue weighted by molar-refractivity contribution is 6.42. The summed E-state index contributed by atoms with van der Waals surface area (Å²) in [4.78, 5) is 22.1. The average molecular weight is 326 g/mol. The van der Waals surface area contributed by atoms with Crippen molar-refractivity contribution < 1.29 is 9.72 Å². The molecule has 8 heteroatoms. The van der Waals surface area contributed by atoms with E-state index in [2.05, 4.69) is 10.6 Å². The van der Waals surface area contributed by atoms with Gasteiger partial charge in [0.15, 0.2) is 0 Å². The Balaban J connectivity index is 2.12. The number of carbonyl (C=O) groups is 1. The highest BCUT2D eigenvalue weighted by atomic mass is 35.5. The van der Waals surface area contributed by atoms with Crippen LogP contribution in [0.4, 0.5) is 21.9 Å². The first kappa shape index (κ1) is 15.1. The molecule has 2 rings (SSSR count). The molecule has 0 unspecified atom stereocenters. The van der Waals surface area contributed by atoms with Gasteiger partial charge in [0.2, 0.25) is 0 Å². The average Bonchev–Trinajstić information content (AvgIpc) is 2.43. The molecule has 2 aromatic rings. The van der Waals surface area contributed by atoms with Crippen molar-refractivity contribution in [1.29, 1.82) is 0 Å². The van der Waals surface area contributed by atoms with Crippen LogP contribution in [0, 0.1) is 10.1 Å². The van der Waals surface area contributed by atoms with Crippen LogP contribution in [0.2, 0.25) is 10.0 Å². The molecule has 2 amide bonds. The molecule has 0 atom stereocenters. The van der Waals surface area contributed by atoms with Crippen LogP contribution in [0.15, 0.2) is 42.5 Å². The fourth-order valence-corrected chi connectivity index (χ4v) is 1.90. The van der Waals surface area contributed by atoms with Crippen LogP contribution >= 0.6 is 23.2 Å². The summed E-state index contributed by atoms with van der Waals surface area (Å²) in [5, 5.41) is 16.4. The topological polar surface area (TPSA) is 84.3 Å². The third kappa shape index (κ3) is 3.84. The van der Waals surface area contributed by atoms with E-state index < -0.39 is 11.0 Å². The van der Waals surface area contributed by atoms with Crippen LogP contribution in [0.25, 0.3) is 0 Å². The number of carbonyl (C=O) groups excluding carboxylic acids is 1. The summed E-state index contributed by atoms with van der Waals surface area (Å²) in [6, 6.07) is 9.78. The van der Waals surface area contributed by atoms with Gasteiger partial charge >= 0.3 is 6.03 Å². The second-order valence-electron chi connectivity index (χ2n) is 3.98. The molecule has 0 spiro atoms. The fraction of sp³-hybridized carbons (Fsp3) is 0. The number of nitro groups is 1. The summed E-state index contributed by atoms with van der Waals surface area (Å²) < 4.78 is 0. The maximum atomic E-state index is 11.8. The summed E-state index contributed by atoms with van der Waals surface area (Å²) in [5.41, 5.74) is 0.322. The first-order valence-corrected chi connectivity index (χ1v) is 6.49. The Kier molecular flexibility index (Phi) is 4.62. The molecule has 6 nitrogen and oxygen atoms in total. The number of nitrogens with zero attached hydrogens (tertiary/aromatic N) is 1. The first-order valence-electron chi connectivity index (χ1n) is 5.74. The van der Waals surface area contributed by atoms with Crippen LogP contribution < -0.4 is 10.6 Å². The second-order valence-corrected chi connectivity index (χ2v) is 4.80. The number of rotatable bonds is 3. The summed E-state index contributed by atoms with van der Waals surface area (Å²) in [6.07, 6.45) is 0. The standard InChI is InChI=1S/C13H9Cl2N3O3/c14-9-6-5-8(7-10(9)15)16-13(19)17-11-3-1-2-4-12(11)18(20)21/h1-7H,(H2,16,17,19). The van der Waals surface area contributed by atoms with Crippen molar-refractivity contribution in [3.8, 4) is 0 Å². The summed E-state index contributed by atoms with van der Waals surface area (Å²) >= 11 is 11.6. The Bertz CT molecular complexity index is 707. The Morgan fingerprint density at radius 1 is 1.05 bits per heavy atom. The predicted octanol–water partition coefficient (Wildman–Crippen LogP) is 4.55. The van der Waals surface area contributed by atoms with E-state index in [0.717, 1.165) is 0 Å². The summed E-state index contributed by atoms with van der Waals surface area (Å²) in [5.74, 6) is 0. The molecule has 0 fully saturated rings. The van der Waals surface area contributed by atoms with Crippen molar-refractivity contribution in [2.24, 2.45) is 0 Å². The molecule has 0 aliphatic carbocycles. The van der Waals surface area contributed by atoms with Gasteiger partial charge in [0.05, 0.1) is 15.0 Å². The van der Waals surface area contributed by atoms with Gasteiger partial charge in [-0.25, -0.2) is 4.79 Å². The van der Waals surface area contributed by atoms with E-state index in [9.17, 15) is 14.9 Å². The zero-order chi connectivity index (χ0) is 15.4. The molecule has 0 heterocycles. The SMILES string of the molecule is O=C(Nc1ccc(Cl)c(Cl)c1)Nc1ccccc1[N+](=O)[O-]. The van der Waals surface area contributed by atoms with E-state index in [-0.39, 0.29) is 11.4 Å². The van der Waals surface area contributed by atoms with E-state index in [1.807, 2.05) is 0 Å². The Morgan fingerprint density at radius 2 is 1.76 bits per heavy atom. The highest BCUT2D eigenvalue weighted by Gasteiger charge is 2.14. The molecule has 21 heavy (non-hydrogen) atoms. The van der Waals surface area contributed by atoms with Gasteiger partial charge in [-0.2, -0.15) is 0 Å². The van der Waals surface area contributed by atoms with Crippen molar-refractivity contribution in [2.75, 3.05) is 10.6 Å². The molecule has 108 valence electrons. The third-order valence-corrected chi connectivity index (χ3v) is 3.27. The fourth-order valence-electron chi connectivity index (χ4n) is 1.60. The van der Waals surface area contributed by atoms with Gasteiger partial charge in [-0.05, 0) is 24.3 Å². The highest BCUT2D eigenvalue weighted by Crippen LogP contribution is 2.26. The van der Waals surface area contributed by atoms with E-state index >= 15 is 0 Å². The minimum atomic E-state index is -0.623. The largest absolute Gasteiger partial charge is 0.323 e. The van der Waals surface area contributed by atoms with E-state index in [1.165, 1.54) is 30.3 Å². The molecule has 0 saturated heterocycles. The first-order chi connectivity index (χ1) is 9.97. The number of urea groups is 1. The van der Waals surface area contributed by atoms with Crippen LogP contribution in [-0.2, 0) is 0 Å². The lowest BCUT2D eigenvalue weighted by Crippen LogP contribution is -2.20. The maximum absolute atomic E-state index is 11.8. The zero-order valence-electron chi connectivity index (χ0n) is 10.5. The minimum absolute atomic E-state index is 0.0973. The number of amides is 2. The van der Waals surface area contributed by atoms with Crippen molar-refractivity contribution in [3.63, 3.8) is 0 Å². The number of nitro benzene ring substituents is 1. The molecule has 0 aliphatic heterocycles. The Labute approximate surface area is 129 Å². The van der Waals surface area contributed by atoms with E-state index in [0.29, 0.717) is 15.7 Å². The number of hydrogen-bond acceptors (Lipinski definition) is 3. The van der Waals surface area contributed by atoms with Crippen LogP contribution in [-0.4, -0.2) is 11.0 Å². The number of nitrogens with one attached hydrogen (secondary N) is 2. The van der Waals surface area contributed by atoms with Gasteiger partial charge in [0, 0.05) is 11.8 Å². The van der Waals surface area contributed by atoms with Gasteiger partial charge < -0.3 is 10.6 Å². The van der Waals surface area contributed by atoms with Crippen molar-refractivity contribution >= 4 is 46.3 Å². The minimum Gasteiger partial charge on any atom is -0.308 e. The van der Waals surface area contributed by atoms with Crippen molar-refractivity contribution in [3.05, 3.63) is 62.6 Å². The molecular formula is C13H9Cl2N3O3. The predicted molar refractivity (Wildman–Crippen MR) is 82.2 cm³/mol. The van der Waals surface area contributed by atoms with Gasteiger partial charge in [-0.1, -0.05) is 35.3 Å². The molecule has 0 bridgehead atoms. The van der Waals surface area contributed by atoms with Gasteiger partial charge in [-0.15, -0.1) is 0 Å². The molecular weight excluding hydrogens is 317 g/mol. The van der Waals surface area contributed by atoms with E-state index in [4.69, 9.17) is 23.2 Å². The second kappa shape index (κ2) is 6.43. The molecule has 2 aromatic carbocycles. The molecule has 0 aromatic heterocycles. The molecule has 0 radical (unpaired) electrons. The van der Waals surface area contributed by atoms with Gasteiger partial charge in [0.25, 0.3) is 5.69 Å². The lowest BCUT2D eigenvalue weighted by atomic mass is 10.2. The smallest absolute Gasteiger partial charge is 0.308 e. The number of hydrogen-bond donors (Lipinski definition) is 2. The lowest BCUT2D eigenvalue weighted by molar-refractivity contribution is -0.383. The van der Waals surface area contributed by atoms with Crippen LogP contribution in [0.5, 0.6) is 0 Å². The summed E-state index contributed by atoms with van der Waals surface area (Å²) in [7, 11) is 0. The number of anilines is 2. The zero-order valence-corrected chi connectivity index (χ0v) is 12.0. The van der Waals surface area contributed by atoms with Crippen molar-refractivity contribution in [2.45, 2.75) is 0 Å². The maximum Gasteiger partial charge on any atom is 0.323 e. The van der Waals surface area contributed by atoms with Gasteiger partial charge in [-0.3, -0.25) is 10.1 Å². The Hall–Kier alpha value is -2.31. The monoisotopic (exact) mass is 325 g/mol. The number of benzene rings is 2. The lowest BCUT2D eigenvalue weighted by Gasteiger charge is -2.08. The number of halogens is 2. The van der Waals surface area contributed by atoms with E-state index in [1.54, 1.807) is 12.1 Å². The number of para-hydroxylation sites is 2. The molecule has 2 N–H and O–H groups in total. The normalized spacial score (nSPS) is 10.0. The van der Waals surface area contributed by atoms with Crippen LogP contribution in [0.3, 0.4) is 0 Å². The molecule has 0 aliphatic rings. The summed E-state index contributed by atoms with van der Waals surface area (Å²) in [6.45, 7) is 0. The quantitative estimate of drug-likeness (QED) is 0.641. The third-order valence-electron chi connectivity index (χ3n) is 2.53. The van der Waals surface area contributed by atoms with Crippen LogP contribution in [0.1, 0.15) is 0 Å². The van der Waals surface area contributed by atoms with Gasteiger partial charge in [0.1, 0.15) is 5.69 Å². The molecule has 0 saturated carbocycles. The van der Waals surface area contributed by atoms with Crippen molar-refractivity contribution in [1.82, 2.24) is 0 Å².